The number of nitrogens with zero attached hydrogens (tertiary/aromatic N) is 1. The number of nitrogens with one attached hydrogen (secondary N) is 1. The Morgan fingerprint density at radius 2 is 2.06 bits per heavy atom. The zero-order chi connectivity index (χ0) is 13.1. The first-order valence-corrected chi connectivity index (χ1v) is 7.46. The maximum atomic E-state index is 12.3. The summed E-state index contributed by atoms with van der Waals surface area (Å²) in [5, 5.41) is 2.83. The van der Waals surface area contributed by atoms with E-state index in [1.165, 1.54) is 0 Å². The molecule has 0 aromatic heterocycles. The molecule has 0 spiro atoms. The van der Waals surface area contributed by atoms with Crippen LogP contribution in [0.2, 0.25) is 0 Å². The second kappa shape index (κ2) is 5.76. The fourth-order valence-corrected chi connectivity index (χ4v) is 2.40. The average molecular weight is 258 g/mol. The van der Waals surface area contributed by atoms with Gasteiger partial charge >= 0.3 is 0 Å². The lowest BCUT2D eigenvalue weighted by molar-refractivity contribution is -0.155. The SMILES string of the molecule is CCCC1NC(=O)C(C)(C)N(CCSC)C1=O. The number of carbonyl (C=O) groups excluding carboxylic acids is 2. The van der Waals surface area contributed by atoms with E-state index in [0.717, 1.165) is 18.6 Å². The Morgan fingerprint density at radius 1 is 1.41 bits per heavy atom. The van der Waals surface area contributed by atoms with Crippen LogP contribution in [0.1, 0.15) is 33.6 Å². The maximum absolute atomic E-state index is 12.3. The van der Waals surface area contributed by atoms with Gasteiger partial charge in [0, 0.05) is 12.3 Å². The summed E-state index contributed by atoms with van der Waals surface area (Å²) < 4.78 is 0. The van der Waals surface area contributed by atoms with Gasteiger partial charge in [-0.25, -0.2) is 0 Å². The molecule has 0 saturated carbocycles. The lowest BCUT2D eigenvalue weighted by atomic mass is 9.94. The van der Waals surface area contributed by atoms with Gasteiger partial charge in [0.1, 0.15) is 11.6 Å². The van der Waals surface area contributed by atoms with Crippen molar-refractivity contribution in [3.8, 4) is 0 Å². The second-order valence-electron chi connectivity index (χ2n) is 4.86. The molecule has 0 aromatic carbocycles. The molecule has 1 rings (SSSR count). The number of thioether (sulfide) groups is 1. The fraction of sp³-hybridized carbons (Fsp3) is 0.833. The van der Waals surface area contributed by atoms with Gasteiger partial charge in [-0.1, -0.05) is 13.3 Å². The highest BCUT2D eigenvalue weighted by atomic mass is 32.2. The van der Waals surface area contributed by atoms with Crippen LogP contribution in [0.15, 0.2) is 0 Å². The maximum Gasteiger partial charge on any atom is 0.246 e. The Kier molecular flexibility index (Phi) is 4.86. The molecule has 98 valence electrons. The van der Waals surface area contributed by atoms with E-state index in [-0.39, 0.29) is 17.9 Å². The van der Waals surface area contributed by atoms with Gasteiger partial charge in [-0.05, 0) is 26.5 Å². The molecule has 1 saturated heterocycles. The zero-order valence-electron chi connectivity index (χ0n) is 11.1. The number of hydrogen-bond acceptors (Lipinski definition) is 3. The van der Waals surface area contributed by atoms with E-state index in [9.17, 15) is 9.59 Å². The second-order valence-corrected chi connectivity index (χ2v) is 5.84. The van der Waals surface area contributed by atoms with Crippen LogP contribution in [-0.4, -0.2) is 46.8 Å². The van der Waals surface area contributed by atoms with Gasteiger partial charge in [0.05, 0.1) is 0 Å². The van der Waals surface area contributed by atoms with Crippen LogP contribution in [0.3, 0.4) is 0 Å². The topological polar surface area (TPSA) is 49.4 Å². The van der Waals surface area contributed by atoms with Crippen LogP contribution in [0.25, 0.3) is 0 Å². The van der Waals surface area contributed by atoms with Gasteiger partial charge in [0.15, 0.2) is 0 Å². The first-order chi connectivity index (χ1) is 7.95. The first kappa shape index (κ1) is 14.4. The van der Waals surface area contributed by atoms with Gasteiger partial charge < -0.3 is 10.2 Å². The Balaban J connectivity index is 2.85. The lowest BCUT2D eigenvalue weighted by Gasteiger charge is -2.44. The molecular weight excluding hydrogens is 236 g/mol. The van der Waals surface area contributed by atoms with Crippen molar-refractivity contribution >= 4 is 23.6 Å². The third-order valence-corrected chi connectivity index (χ3v) is 3.79. The summed E-state index contributed by atoms with van der Waals surface area (Å²) in [7, 11) is 0. The molecule has 0 bridgehead atoms. The van der Waals surface area contributed by atoms with E-state index < -0.39 is 5.54 Å². The monoisotopic (exact) mass is 258 g/mol. The third kappa shape index (κ3) is 2.94. The molecule has 1 heterocycles. The lowest BCUT2D eigenvalue weighted by Crippen LogP contribution is -2.68. The summed E-state index contributed by atoms with van der Waals surface area (Å²) in [6.45, 7) is 6.28. The van der Waals surface area contributed by atoms with E-state index in [2.05, 4.69) is 5.32 Å². The highest BCUT2D eigenvalue weighted by Gasteiger charge is 2.45. The first-order valence-electron chi connectivity index (χ1n) is 6.06. The molecule has 2 amide bonds. The van der Waals surface area contributed by atoms with Crippen LogP contribution >= 0.6 is 11.8 Å². The number of amides is 2. The summed E-state index contributed by atoms with van der Waals surface area (Å²) >= 11 is 1.69. The summed E-state index contributed by atoms with van der Waals surface area (Å²) in [5.41, 5.74) is -0.725. The third-order valence-electron chi connectivity index (χ3n) is 3.20. The van der Waals surface area contributed by atoms with Gasteiger partial charge in [0.25, 0.3) is 0 Å². The molecular formula is C12H22N2O2S. The zero-order valence-corrected chi connectivity index (χ0v) is 11.9. The summed E-state index contributed by atoms with van der Waals surface area (Å²) in [5.74, 6) is 0.878. The smallest absolute Gasteiger partial charge is 0.246 e. The van der Waals surface area contributed by atoms with Crippen molar-refractivity contribution < 1.29 is 9.59 Å². The molecule has 1 fully saturated rings. The minimum atomic E-state index is -0.725. The number of rotatable bonds is 5. The van der Waals surface area contributed by atoms with Crippen molar-refractivity contribution in [3.63, 3.8) is 0 Å². The summed E-state index contributed by atoms with van der Waals surface area (Å²) in [6.07, 6.45) is 3.62. The van der Waals surface area contributed by atoms with E-state index in [0.29, 0.717) is 6.54 Å². The van der Waals surface area contributed by atoms with E-state index >= 15 is 0 Å². The predicted molar refractivity (Wildman–Crippen MR) is 71.0 cm³/mol. The van der Waals surface area contributed by atoms with Crippen LogP contribution < -0.4 is 5.32 Å². The number of piperazine rings is 1. The van der Waals surface area contributed by atoms with Crippen molar-refractivity contribution in [1.29, 1.82) is 0 Å². The Bertz CT molecular complexity index is 305. The molecule has 1 aliphatic heterocycles. The minimum Gasteiger partial charge on any atom is -0.342 e. The molecule has 1 N–H and O–H groups in total. The molecule has 0 radical (unpaired) electrons. The highest BCUT2D eigenvalue weighted by molar-refractivity contribution is 7.98. The van der Waals surface area contributed by atoms with Crippen LogP contribution in [0.4, 0.5) is 0 Å². The average Bonchev–Trinajstić information content (AvgIpc) is 2.26. The van der Waals surface area contributed by atoms with Crippen molar-refractivity contribution in [3.05, 3.63) is 0 Å². The Hall–Kier alpha value is -0.710. The molecule has 1 aliphatic rings. The molecule has 5 heteroatoms. The van der Waals surface area contributed by atoms with Crippen LogP contribution in [0.5, 0.6) is 0 Å². The fourth-order valence-electron chi connectivity index (χ4n) is 2.04. The molecule has 17 heavy (non-hydrogen) atoms. The van der Waals surface area contributed by atoms with Gasteiger partial charge in [0.2, 0.25) is 11.8 Å². The van der Waals surface area contributed by atoms with E-state index in [4.69, 9.17) is 0 Å². The predicted octanol–water partition coefficient (Wildman–Crippen LogP) is 1.26. The van der Waals surface area contributed by atoms with Crippen molar-refractivity contribution in [1.82, 2.24) is 10.2 Å². The van der Waals surface area contributed by atoms with Crippen LogP contribution in [-0.2, 0) is 9.59 Å². The van der Waals surface area contributed by atoms with Gasteiger partial charge in [-0.15, -0.1) is 0 Å². The molecule has 4 nitrogen and oxygen atoms in total. The van der Waals surface area contributed by atoms with E-state index in [1.54, 1.807) is 16.7 Å². The van der Waals surface area contributed by atoms with Gasteiger partial charge in [-0.3, -0.25) is 9.59 Å². The number of carbonyl (C=O) groups is 2. The standard InChI is InChI=1S/C12H22N2O2S/c1-5-6-9-10(15)14(7-8-17-4)12(2,3)11(16)13-9/h9H,5-8H2,1-4H3,(H,13,16). The Morgan fingerprint density at radius 3 is 2.59 bits per heavy atom. The van der Waals surface area contributed by atoms with Gasteiger partial charge in [-0.2, -0.15) is 11.8 Å². The highest BCUT2D eigenvalue weighted by Crippen LogP contribution is 2.22. The molecule has 0 aliphatic carbocycles. The van der Waals surface area contributed by atoms with Crippen molar-refractivity contribution in [2.24, 2.45) is 0 Å². The minimum absolute atomic E-state index is 0.0448. The van der Waals surface area contributed by atoms with Crippen molar-refractivity contribution in [2.75, 3.05) is 18.6 Å². The molecule has 0 aromatic rings. The van der Waals surface area contributed by atoms with E-state index in [1.807, 2.05) is 27.0 Å². The molecule has 1 atom stereocenters. The number of hydrogen-bond donors (Lipinski definition) is 1. The van der Waals surface area contributed by atoms with Crippen molar-refractivity contribution in [2.45, 2.75) is 45.2 Å². The quantitative estimate of drug-likeness (QED) is 0.807. The summed E-state index contributed by atoms with van der Waals surface area (Å²) in [6, 6.07) is -0.331. The van der Waals surface area contributed by atoms with Crippen LogP contribution in [0, 0.1) is 0 Å². The molecule has 1 unspecified atom stereocenters. The summed E-state index contributed by atoms with van der Waals surface area (Å²) in [4.78, 5) is 26.0. The normalized spacial score (nSPS) is 23.8. The largest absolute Gasteiger partial charge is 0.342 e. The Labute approximate surface area is 108 Å².